The van der Waals surface area contributed by atoms with Crippen molar-refractivity contribution in [3.63, 3.8) is 0 Å². The number of hydrogen-bond donors (Lipinski definition) is 2. The summed E-state index contributed by atoms with van der Waals surface area (Å²) in [7, 11) is -3.41. The fourth-order valence-electron chi connectivity index (χ4n) is 1.87. The minimum absolute atomic E-state index is 0.0275. The van der Waals surface area contributed by atoms with Gasteiger partial charge in [-0.2, -0.15) is 0 Å². The van der Waals surface area contributed by atoms with Crippen LogP contribution in [0.5, 0.6) is 0 Å². The first-order valence-electron chi connectivity index (χ1n) is 6.51. The summed E-state index contributed by atoms with van der Waals surface area (Å²) in [5.74, 6) is -0.996. The standard InChI is InChI=1S/C15H21NO4S/c1-11-9-13(7-5-12(11)6-8-14(17)18)16-21(19,20)10-15(2,3)4/h5-9,16H,10H2,1-4H3,(H,17,18). The SMILES string of the molecule is Cc1cc(NS(=O)(=O)CC(C)(C)C)ccc1C=CC(=O)O. The van der Waals surface area contributed by atoms with Gasteiger partial charge in [-0.15, -0.1) is 0 Å². The van der Waals surface area contributed by atoms with Crippen molar-refractivity contribution in [3.05, 3.63) is 35.4 Å². The van der Waals surface area contributed by atoms with E-state index in [1.54, 1.807) is 25.1 Å². The number of aliphatic carboxylic acids is 1. The topological polar surface area (TPSA) is 83.5 Å². The fourth-order valence-corrected chi connectivity index (χ4v) is 3.57. The first-order chi connectivity index (χ1) is 9.48. The van der Waals surface area contributed by atoms with Crippen LogP contribution in [0, 0.1) is 12.3 Å². The van der Waals surface area contributed by atoms with Crippen molar-refractivity contribution in [1.82, 2.24) is 0 Å². The largest absolute Gasteiger partial charge is 0.478 e. The number of carboxylic acids is 1. The van der Waals surface area contributed by atoms with Crippen molar-refractivity contribution in [2.45, 2.75) is 27.7 Å². The van der Waals surface area contributed by atoms with Crippen molar-refractivity contribution in [2.75, 3.05) is 10.5 Å². The zero-order valence-electron chi connectivity index (χ0n) is 12.7. The molecule has 5 nitrogen and oxygen atoms in total. The smallest absolute Gasteiger partial charge is 0.328 e. The summed E-state index contributed by atoms with van der Waals surface area (Å²) in [6, 6.07) is 4.99. The lowest BCUT2D eigenvalue weighted by Crippen LogP contribution is -2.26. The second-order valence-corrected chi connectivity index (χ2v) is 7.89. The third-order valence-corrected chi connectivity index (χ3v) is 4.36. The Hall–Kier alpha value is -1.82. The molecule has 0 spiro atoms. The van der Waals surface area contributed by atoms with Crippen LogP contribution in [0.2, 0.25) is 0 Å². The second kappa shape index (κ2) is 6.30. The number of nitrogens with one attached hydrogen (secondary N) is 1. The van der Waals surface area contributed by atoms with E-state index in [9.17, 15) is 13.2 Å². The van der Waals surface area contributed by atoms with Crippen molar-refractivity contribution in [2.24, 2.45) is 5.41 Å². The minimum Gasteiger partial charge on any atom is -0.478 e. The lowest BCUT2D eigenvalue weighted by Gasteiger charge is -2.19. The highest BCUT2D eigenvalue weighted by Crippen LogP contribution is 2.21. The Labute approximate surface area is 125 Å². The first kappa shape index (κ1) is 17.2. The quantitative estimate of drug-likeness (QED) is 0.819. The van der Waals surface area contributed by atoms with E-state index >= 15 is 0 Å². The van der Waals surface area contributed by atoms with Crippen LogP contribution in [0.15, 0.2) is 24.3 Å². The summed E-state index contributed by atoms with van der Waals surface area (Å²) >= 11 is 0. The maximum Gasteiger partial charge on any atom is 0.328 e. The molecule has 116 valence electrons. The van der Waals surface area contributed by atoms with Gasteiger partial charge in [0.25, 0.3) is 0 Å². The molecule has 0 amide bonds. The maximum absolute atomic E-state index is 12.0. The summed E-state index contributed by atoms with van der Waals surface area (Å²) in [6.07, 6.45) is 2.52. The molecule has 0 aliphatic carbocycles. The molecule has 21 heavy (non-hydrogen) atoms. The van der Waals surface area contributed by atoms with Crippen LogP contribution in [-0.4, -0.2) is 25.2 Å². The van der Waals surface area contributed by atoms with Gasteiger partial charge in [-0.05, 0) is 41.7 Å². The van der Waals surface area contributed by atoms with Gasteiger partial charge in [0.15, 0.2) is 0 Å². The number of sulfonamides is 1. The van der Waals surface area contributed by atoms with Crippen LogP contribution in [0.1, 0.15) is 31.9 Å². The Morgan fingerprint density at radius 2 is 1.95 bits per heavy atom. The molecular weight excluding hydrogens is 290 g/mol. The number of aryl methyl sites for hydroxylation is 1. The van der Waals surface area contributed by atoms with Gasteiger partial charge in [-0.3, -0.25) is 4.72 Å². The van der Waals surface area contributed by atoms with E-state index in [4.69, 9.17) is 5.11 Å². The molecule has 1 aromatic rings. The molecular formula is C15H21NO4S. The van der Waals surface area contributed by atoms with Crippen molar-refractivity contribution in [3.8, 4) is 0 Å². The van der Waals surface area contributed by atoms with Gasteiger partial charge >= 0.3 is 5.97 Å². The molecule has 0 heterocycles. The number of benzene rings is 1. The number of anilines is 1. The zero-order chi connectivity index (χ0) is 16.3. The van der Waals surface area contributed by atoms with Crippen LogP contribution in [0.3, 0.4) is 0 Å². The molecule has 0 radical (unpaired) electrons. The summed E-state index contributed by atoms with van der Waals surface area (Å²) in [5.41, 5.74) is 1.68. The Kier molecular flexibility index (Phi) is 5.17. The maximum atomic E-state index is 12.0. The van der Waals surface area contributed by atoms with Crippen LogP contribution in [-0.2, 0) is 14.8 Å². The predicted molar refractivity (Wildman–Crippen MR) is 84.7 cm³/mol. The molecule has 2 N–H and O–H groups in total. The minimum atomic E-state index is -3.41. The van der Waals surface area contributed by atoms with Gasteiger partial charge in [0, 0.05) is 11.8 Å². The van der Waals surface area contributed by atoms with Gasteiger partial charge in [0.05, 0.1) is 5.75 Å². The molecule has 0 bridgehead atoms. The molecule has 0 unspecified atom stereocenters. The van der Waals surface area contributed by atoms with Crippen LogP contribution < -0.4 is 4.72 Å². The van der Waals surface area contributed by atoms with E-state index in [0.29, 0.717) is 5.69 Å². The highest BCUT2D eigenvalue weighted by molar-refractivity contribution is 7.92. The molecule has 0 fully saturated rings. The fraction of sp³-hybridized carbons (Fsp3) is 0.400. The van der Waals surface area contributed by atoms with Gasteiger partial charge in [-0.25, -0.2) is 13.2 Å². The molecule has 0 aliphatic rings. The average molecular weight is 311 g/mol. The van der Waals surface area contributed by atoms with E-state index < -0.39 is 16.0 Å². The van der Waals surface area contributed by atoms with E-state index in [2.05, 4.69) is 4.72 Å². The Morgan fingerprint density at radius 1 is 1.33 bits per heavy atom. The van der Waals surface area contributed by atoms with E-state index in [1.165, 1.54) is 6.08 Å². The molecule has 1 rings (SSSR count). The number of carboxylic acid groups (broad SMARTS) is 1. The number of rotatable bonds is 5. The Balaban J connectivity index is 2.92. The normalized spacial score (nSPS) is 12.6. The third-order valence-electron chi connectivity index (χ3n) is 2.57. The molecule has 1 aromatic carbocycles. The van der Waals surface area contributed by atoms with Crippen molar-refractivity contribution in [1.29, 1.82) is 0 Å². The van der Waals surface area contributed by atoms with Gasteiger partial charge in [0.1, 0.15) is 0 Å². The number of hydrogen-bond acceptors (Lipinski definition) is 3. The molecule has 0 saturated heterocycles. The Morgan fingerprint density at radius 3 is 2.43 bits per heavy atom. The first-order valence-corrected chi connectivity index (χ1v) is 8.16. The highest BCUT2D eigenvalue weighted by atomic mass is 32.2. The van der Waals surface area contributed by atoms with Crippen LogP contribution >= 0.6 is 0 Å². The lowest BCUT2D eigenvalue weighted by atomic mass is 10.0. The summed E-state index contributed by atoms with van der Waals surface area (Å²) < 4.78 is 26.6. The predicted octanol–water partition coefficient (Wildman–Crippen LogP) is 2.88. The average Bonchev–Trinajstić information content (AvgIpc) is 2.23. The number of carbonyl (C=O) groups is 1. The second-order valence-electron chi connectivity index (χ2n) is 6.16. The lowest BCUT2D eigenvalue weighted by molar-refractivity contribution is -0.131. The van der Waals surface area contributed by atoms with Crippen molar-refractivity contribution >= 4 is 27.8 Å². The molecule has 0 aromatic heterocycles. The van der Waals surface area contributed by atoms with E-state index in [-0.39, 0.29) is 11.2 Å². The summed E-state index contributed by atoms with van der Waals surface area (Å²) in [4.78, 5) is 10.5. The zero-order valence-corrected chi connectivity index (χ0v) is 13.5. The van der Waals surface area contributed by atoms with E-state index in [1.807, 2.05) is 20.8 Å². The molecule has 0 saturated carbocycles. The van der Waals surface area contributed by atoms with Crippen molar-refractivity contribution < 1.29 is 18.3 Å². The molecule has 0 atom stereocenters. The highest BCUT2D eigenvalue weighted by Gasteiger charge is 2.21. The monoisotopic (exact) mass is 311 g/mol. The summed E-state index contributed by atoms with van der Waals surface area (Å²) in [6.45, 7) is 7.37. The molecule has 0 aliphatic heterocycles. The summed E-state index contributed by atoms with van der Waals surface area (Å²) in [5, 5.41) is 8.60. The van der Waals surface area contributed by atoms with Gasteiger partial charge in [0.2, 0.25) is 10.0 Å². The van der Waals surface area contributed by atoms with Gasteiger partial charge in [-0.1, -0.05) is 26.8 Å². The van der Waals surface area contributed by atoms with Crippen LogP contribution in [0.25, 0.3) is 6.08 Å². The van der Waals surface area contributed by atoms with Gasteiger partial charge < -0.3 is 5.11 Å². The van der Waals surface area contributed by atoms with E-state index in [0.717, 1.165) is 17.2 Å². The molecule has 6 heteroatoms. The third kappa shape index (κ3) is 6.44. The Bertz CT molecular complexity index is 655. The van der Waals surface area contributed by atoms with Crippen LogP contribution in [0.4, 0.5) is 5.69 Å².